The summed E-state index contributed by atoms with van der Waals surface area (Å²) in [6, 6.07) is 8.74. The number of carbonyl (C=O) groups is 2. The molecule has 30 heavy (non-hydrogen) atoms. The molecule has 1 aliphatic carbocycles. The number of furan rings is 1. The van der Waals surface area contributed by atoms with Crippen LogP contribution in [0.3, 0.4) is 0 Å². The van der Waals surface area contributed by atoms with Gasteiger partial charge in [0, 0.05) is 6.04 Å². The van der Waals surface area contributed by atoms with Gasteiger partial charge in [-0.15, -0.1) is 0 Å². The van der Waals surface area contributed by atoms with Gasteiger partial charge in [-0.2, -0.15) is 0 Å². The number of rotatable bonds is 6. The molecule has 2 aromatic rings. The van der Waals surface area contributed by atoms with E-state index in [1.807, 2.05) is 6.92 Å². The van der Waals surface area contributed by atoms with Gasteiger partial charge in [0.25, 0.3) is 5.91 Å². The summed E-state index contributed by atoms with van der Waals surface area (Å²) in [6.45, 7) is 1.81. The zero-order valence-electron chi connectivity index (χ0n) is 17.2. The predicted octanol–water partition coefficient (Wildman–Crippen LogP) is 3.31. The second-order valence-corrected chi connectivity index (χ2v) is 7.99. The topological polar surface area (TPSA) is 92.0 Å². The number of hydrogen-bond donors (Lipinski definition) is 2. The lowest BCUT2D eigenvalue weighted by atomic mass is 9.95. The number of carbonyl (C=O) groups excluding carboxylic acids is 2. The lowest BCUT2D eigenvalue weighted by molar-refractivity contribution is -0.129. The van der Waals surface area contributed by atoms with Gasteiger partial charge in [0.2, 0.25) is 5.91 Å². The second kappa shape index (κ2) is 8.92. The molecule has 2 amide bonds. The van der Waals surface area contributed by atoms with E-state index < -0.39 is 12.2 Å². The maximum absolute atomic E-state index is 13.0. The van der Waals surface area contributed by atoms with E-state index in [0.29, 0.717) is 29.2 Å². The van der Waals surface area contributed by atoms with Crippen LogP contribution >= 0.6 is 0 Å². The van der Waals surface area contributed by atoms with Crippen molar-refractivity contribution in [2.24, 2.45) is 0 Å². The van der Waals surface area contributed by atoms with E-state index in [-0.39, 0.29) is 24.4 Å². The summed E-state index contributed by atoms with van der Waals surface area (Å²) in [5.74, 6) is 0.525. The second-order valence-electron chi connectivity index (χ2n) is 7.99. The van der Waals surface area contributed by atoms with E-state index in [2.05, 4.69) is 5.32 Å². The number of hydrogen-bond acceptors (Lipinski definition) is 5. The van der Waals surface area contributed by atoms with Crippen LogP contribution in [0.15, 0.2) is 41.0 Å². The van der Waals surface area contributed by atoms with Crippen molar-refractivity contribution < 1.29 is 23.8 Å². The van der Waals surface area contributed by atoms with Crippen molar-refractivity contribution in [1.82, 2.24) is 5.32 Å². The first-order valence-corrected chi connectivity index (χ1v) is 10.7. The third kappa shape index (κ3) is 4.21. The van der Waals surface area contributed by atoms with Gasteiger partial charge >= 0.3 is 0 Å². The summed E-state index contributed by atoms with van der Waals surface area (Å²) in [6.07, 6.45) is 5.83. The van der Waals surface area contributed by atoms with Crippen LogP contribution in [0, 0.1) is 0 Å². The standard InChI is InChI=1S/C23H28N2O5/c1-2-18-23(28)25(14-21(26)24-16-7-4-3-5-8-16)17-13-15(10-11-19(17)30-18)22(27)20-9-6-12-29-20/h6,9-13,16,18,22,27H,2-5,7-8,14H2,1H3,(H,24,26)/t18-,22+/m0/s1. The maximum atomic E-state index is 13.0. The van der Waals surface area contributed by atoms with E-state index in [0.717, 1.165) is 25.7 Å². The van der Waals surface area contributed by atoms with Crippen molar-refractivity contribution in [3.63, 3.8) is 0 Å². The molecule has 0 spiro atoms. The third-order valence-corrected chi connectivity index (χ3v) is 5.86. The Balaban J connectivity index is 1.58. The first-order valence-electron chi connectivity index (χ1n) is 10.7. The highest BCUT2D eigenvalue weighted by atomic mass is 16.5. The Kier molecular flexibility index (Phi) is 6.08. The predicted molar refractivity (Wildman–Crippen MR) is 111 cm³/mol. The van der Waals surface area contributed by atoms with Gasteiger partial charge in [-0.25, -0.2) is 0 Å². The maximum Gasteiger partial charge on any atom is 0.268 e. The average molecular weight is 412 g/mol. The van der Waals surface area contributed by atoms with Crippen molar-refractivity contribution in [3.8, 4) is 5.75 Å². The lowest BCUT2D eigenvalue weighted by Crippen LogP contribution is -2.51. The highest BCUT2D eigenvalue weighted by Crippen LogP contribution is 2.38. The normalized spacial score (nSPS) is 20.4. The van der Waals surface area contributed by atoms with Crippen LogP contribution < -0.4 is 15.0 Å². The summed E-state index contributed by atoms with van der Waals surface area (Å²) in [5.41, 5.74) is 1.05. The van der Waals surface area contributed by atoms with Crippen LogP contribution in [0.25, 0.3) is 0 Å². The monoisotopic (exact) mass is 412 g/mol. The summed E-state index contributed by atoms with van der Waals surface area (Å²) in [7, 11) is 0. The number of benzene rings is 1. The van der Waals surface area contributed by atoms with Gasteiger partial charge < -0.3 is 19.6 Å². The molecular formula is C23H28N2O5. The first kappa shape index (κ1) is 20.5. The Hall–Kier alpha value is -2.80. The van der Waals surface area contributed by atoms with Crippen molar-refractivity contribution in [3.05, 3.63) is 47.9 Å². The molecule has 0 saturated heterocycles. The Morgan fingerprint density at radius 3 is 2.77 bits per heavy atom. The highest BCUT2D eigenvalue weighted by Gasteiger charge is 2.35. The molecule has 1 aromatic heterocycles. The molecule has 2 N–H and O–H groups in total. The summed E-state index contributed by atoms with van der Waals surface area (Å²) in [5, 5.41) is 13.7. The number of aliphatic hydroxyl groups excluding tert-OH is 1. The molecule has 1 fully saturated rings. The number of nitrogens with zero attached hydrogens (tertiary/aromatic N) is 1. The van der Waals surface area contributed by atoms with Crippen molar-refractivity contribution >= 4 is 17.5 Å². The van der Waals surface area contributed by atoms with Crippen molar-refractivity contribution in [2.45, 2.75) is 63.7 Å². The van der Waals surface area contributed by atoms with Crippen LogP contribution in [-0.4, -0.2) is 35.6 Å². The summed E-state index contributed by atoms with van der Waals surface area (Å²) < 4.78 is 11.2. The molecule has 7 heteroatoms. The minimum atomic E-state index is -0.970. The number of nitrogens with one attached hydrogen (secondary N) is 1. The molecule has 0 bridgehead atoms. The first-order chi connectivity index (χ1) is 14.6. The highest BCUT2D eigenvalue weighted by molar-refractivity contribution is 6.04. The lowest BCUT2D eigenvalue weighted by Gasteiger charge is -2.34. The molecule has 1 aliphatic heterocycles. The summed E-state index contributed by atoms with van der Waals surface area (Å²) >= 11 is 0. The summed E-state index contributed by atoms with van der Waals surface area (Å²) in [4.78, 5) is 27.2. The Morgan fingerprint density at radius 1 is 1.27 bits per heavy atom. The molecular weight excluding hydrogens is 384 g/mol. The van der Waals surface area contributed by atoms with E-state index in [1.54, 1.807) is 30.3 Å². The molecule has 2 aliphatic rings. The van der Waals surface area contributed by atoms with Gasteiger partial charge in [0.05, 0.1) is 12.0 Å². The van der Waals surface area contributed by atoms with E-state index in [9.17, 15) is 14.7 Å². The van der Waals surface area contributed by atoms with Crippen LogP contribution in [0.1, 0.15) is 62.9 Å². The van der Waals surface area contributed by atoms with E-state index >= 15 is 0 Å². The fourth-order valence-corrected chi connectivity index (χ4v) is 4.21. The molecule has 1 saturated carbocycles. The Bertz CT molecular complexity index is 889. The molecule has 0 radical (unpaired) electrons. The fraction of sp³-hybridized carbons (Fsp3) is 0.478. The van der Waals surface area contributed by atoms with Crippen LogP contribution in [-0.2, 0) is 9.59 Å². The van der Waals surface area contributed by atoms with Crippen molar-refractivity contribution in [2.75, 3.05) is 11.4 Å². The third-order valence-electron chi connectivity index (χ3n) is 5.86. The molecule has 4 rings (SSSR count). The zero-order valence-corrected chi connectivity index (χ0v) is 17.2. The minimum Gasteiger partial charge on any atom is -0.478 e. The van der Waals surface area contributed by atoms with Gasteiger partial charge in [-0.1, -0.05) is 32.3 Å². The van der Waals surface area contributed by atoms with Gasteiger partial charge in [-0.3, -0.25) is 14.5 Å². The van der Waals surface area contributed by atoms with Gasteiger partial charge in [0.15, 0.2) is 6.10 Å². The number of fused-ring (bicyclic) bond motifs is 1. The van der Waals surface area contributed by atoms with Gasteiger partial charge in [-0.05, 0) is 49.1 Å². The molecule has 2 heterocycles. The van der Waals surface area contributed by atoms with E-state index in [1.165, 1.54) is 17.6 Å². The zero-order chi connectivity index (χ0) is 21.1. The molecule has 7 nitrogen and oxygen atoms in total. The fourth-order valence-electron chi connectivity index (χ4n) is 4.21. The SMILES string of the molecule is CC[C@@H]1Oc2ccc([C@@H](O)c3ccco3)cc2N(CC(=O)NC2CCCCC2)C1=O. The Labute approximate surface area is 176 Å². The average Bonchev–Trinajstić information content (AvgIpc) is 3.30. The molecule has 1 aromatic carbocycles. The number of anilines is 1. The molecule has 0 unspecified atom stereocenters. The number of ether oxygens (including phenoxy) is 1. The Morgan fingerprint density at radius 2 is 2.07 bits per heavy atom. The van der Waals surface area contributed by atoms with Crippen molar-refractivity contribution in [1.29, 1.82) is 0 Å². The quantitative estimate of drug-likeness (QED) is 0.759. The molecule has 160 valence electrons. The van der Waals surface area contributed by atoms with Crippen LogP contribution in [0.5, 0.6) is 5.75 Å². The number of amides is 2. The minimum absolute atomic E-state index is 0.0670. The number of aliphatic hydroxyl groups is 1. The van der Waals surface area contributed by atoms with E-state index in [4.69, 9.17) is 9.15 Å². The van der Waals surface area contributed by atoms with Crippen LogP contribution in [0.4, 0.5) is 5.69 Å². The van der Waals surface area contributed by atoms with Gasteiger partial charge in [0.1, 0.15) is 24.2 Å². The van der Waals surface area contributed by atoms with Crippen LogP contribution in [0.2, 0.25) is 0 Å². The molecule has 2 atom stereocenters. The smallest absolute Gasteiger partial charge is 0.268 e. The largest absolute Gasteiger partial charge is 0.478 e.